The van der Waals surface area contributed by atoms with Gasteiger partial charge in [-0.15, -0.1) is 0 Å². The van der Waals surface area contributed by atoms with Gasteiger partial charge in [0.25, 0.3) is 0 Å². The lowest BCUT2D eigenvalue weighted by Gasteiger charge is -2.11. The summed E-state index contributed by atoms with van der Waals surface area (Å²) in [5.41, 5.74) is 9.41. The van der Waals surface area contributed by atoms with Crippen LogP contribution in [0, 0.1) is 0 Å². The van der Waals surface area contributed by atoms with Crippen molar-refractivity contribution in [2.45, 2.75) is 0 Å². The molecule has 0 fully saturated rings. The zero-order valence-electron chi connectivity index (χ0n) is 9.52. The van der Waals surface area contributed by atoms with Gasteiger partial charge in [-0.3, -0.25) is 0 Å². The molecular weight excluding hydrogens is 303 g/mol. The number of rotatable bonds is 2. The van der Waals surface area contributed by atoms with Crippen molar-refractivity contribution in [3.63, 3.8) is 0 Å². The molecule has 1 aromatic heterocycles. The molecule has 0 unspecified atom stereocenters. The standard InChI is InChI=1S/C12H8Cl2N4S/c13-6-1-3-9(8(15)5-6)16-11-7(14)2-4-10-12(11)18-19-17-10/h1-5,16H,15H2. The lowest BCUT2D eigenvalue weighted by molar-refractivity contribution is 1.54. The van der Waals surface area contributed by atoms with Crippen LogP contribution in [0.2, 0.25) is 10.0 Å². The number of benzene rings is 2. The van der Waals surface area contributed by atoms with E-state index in [4.69, 9.17) is 28.9 Å². The summed E-state index contributed by atoms with van der Waals surface area (Å²) >= 11 is 13.2. The van der Waals surface area contributed by atoms with Gasteiger partial charge in [-0.05, 0) is 30.3 Å². The number of nitrogens with one attached hydrogen (secondary N) is 1. The van der Waals surface area contributed by atoms with E-state index in [1.807, 2.05) is 6.07 Å². The first-order chi connectivity index (χ1) is 9.15. The maximum Gasteiger partial charge on any atom is 0.129 e. The summed E-state index contributed by atoms with van der Waals surface area (Å²) in [5.74, 6) is 0. The summed E-state index contributed by atoms with van der Waals surface area (Å²) < 4.78 is 8.42. The third kappa shape index (κ3) is 2.32. The molecule has 0 amide bonds. The second-order valence-electron chi connectivity index (χ2n) is 3.91. The maximum atomic E-state index is 6.20. The number of nitrogen functional groups attached to an aromatic ring is 1. The van der Waals surface area contributed by atoms with Gasteiger partial charge in [0.05, 0.1) is 33.8 Å². The molecule has 0 atom stereocenters. The van der Waals surface area contributed by atoms with Gasteiger partial charge in [0.15, 0.2) is 0 Å². The van der Waals surface area contributed by atoms with Crippen LogP contribution in [-0.2, 0) is 0 Å². The number of hydrogen-bond acceptors (Lipinski definition) is 5. The molecule has 0 radical (unpaired) electrons. The number of halogens is 2. The molecule has 0 aliphatic carbocycles. The molecule has 2 aromatic carbocycles. The van der Waals surface area contributed by atoms with Gasteiger partial charge in [0, 0.05) is 5.02 Å². The predicted octanol–water partition coefficient (Wildman–Crippen LogP) is 4.32. The molecule has 96 valence electrons. The molecule has 3 aromatic rings. The van der Waals surface area contributed by atoms with Crippen LogP contribution in [0.4, 0.5) is 17.1 Å². The average Bonchev–Trinajstić information content (AvgIpc) is 2.84. The van der Waals surface area contributed by atoms with Crippen LogP contribution >= 0.6 is 34.9 Å². The highest BCUT2D eigenvalue weighted by atomic mass is 35.5. The van der Waals surface area contributed by atoms with Crippen molar-refractivity contribution >= 4 is 63.0 Å². The van der Waals surface area contributed by atoms with E-state index in [1.54, 1.807) is 24.3 Å². The van der Waals surface area contributed by atoms with Crippen molar-refractivity contribution in [2.75, 3.05) is 11.1 Å². The summed E-state index contributed by atoms with van der Waals surface area (Å²) in [4.78, 5) is 0. The smallest absolute Gasteiger partial charge is 0.129 e. The summed E-state index contributed by atoms with van der Waals surface area (Å²) in [6.45, 7) is 0. The molecule has 0 saturated heterocycles. The maximum absolute atomic E-state index is 6.20. The van der Waals surface area contributed by atoms with Gasteiger partial charge in [-0.1, -0.05) is 23.2 Å². The number of nitrogens with zero attached hydrogens (tertiary/aromatic N) is 2. The third-order valence-corrected chi connectivity index (χ3v) is 3.74. The van der Waals surface area contributed by atoms with Crippen molar-refractivity contribution < 1.29 is 0 Å². The Morgan fingerprint density at radius 1 is 1.11 bits per heavy atom. The fourth-order valence-electron chi connectivity index (χ4n) is 1.73. The van der Waals surface area contributed by atoms with Gasteiger partial charge in [-0.2, -0.15) is 8.75 Å². The van der Waals surface area contributed by atoms with Crippen LogP contribution in [0.15, 0.2) is 30.3 Å². The minimum atomic E-state index is 0.545. The van der Waals surface area contributed by atoms with E-state index in [2.05, 4.69) is 14.1 Å². The monoisotopic (exact) mass is 310 g/mol. The summed E-state index contributed by atoms with van der Waals surface area (Å²) in [6, 6.07) is 8.84. The Morgan fingerprint density at radius 2 is 1.95 bits per heavy atom. The molecule has 0 aliphatic rings. The van der Waals surface area contributed by atoms with Crippen LogP contribution in [0.25, 0.3) is 11.0 Å². The van der Waals surface area contributed by atoms with E-state index in [1.165, 1.54) is 0 Å². The second kappa shape index (κ2) is 4.85. The fraction of sp³-hybridized carbons (Fsp3) is 0. The Balaban J connectivity index is 2.10. The molecule has 3 rings (SSSR count). The molecule has 0 saturated carbocycles. The first-order valence-electron chi connectivity index (χ1n) is 5.38. The normalized spacial score (nSPS) is 10.8. The molecule has 19 heavy (non-hydrogen) atoms. The van der Waals surface area contributed by atoms with Gasteiger partial charge < -0.3 is 11.1 Å². The minimum absolute atomic E-state index is 0.545. The lowest BCUT2D eigenvalue weighted by atomic mass is 10.2. The molecule has 7 heteroatoms. The molecule has 0 bridgehead atoms. The molecule has 4 nitrogen and oxygen atoms in total. The van der Waals surface area contributed by atoms with Crippen LogP contribution < -0.4 is 11.1 Å². The Kier molecular flexibility index (Phi) is 3.18. The largest absolute Gasteiger partial charge is 0.397 e. The summed E-state index contributed by atoms with van der Waals surface area (Å²) in [6.07, 6.45) is 0. The highest BCUT2D eigenvalue weighted by Gasteiger charge is 2.11. The molecule has 1 heterocycles. The third-order valence-electron chi connectivity index (χ3n) is 2.65. The van der Waals surface area contributed by atoms with E-state index in [0.29, 0.717) is 21.4 Å². The number of nitrogens with two attached hydrogens (primary N) is 1. The number of hydrogen-bond donors (Lipinski definition) is 2. The molecule has 0 spiro atoms. The van der Waals surface area contributed by atoms with E-state index in [-0.39, 0.29) is 0 Å². The van der Waals surface area contributed by atoms with Crippen LogP contribution in [-0.4, -0.2) is 8.75 Å². The van der Waals surface area contributed by atoms with Crippen molar-refractivity contribution in [3.05, 3.63) is 40.4 Å². The zero-order chi connectivity index (χ0) is 13.4. The molecule has 0 aliphatic heterocycles. The SMILES string of the molecule is Nc1cc(Cl)ccc1Nc1c(Cl)ccc2nsnc12. The highest BCUT2D eigenvalue weighted by Crippen LogP contribution is 2.34. The van der Waals surface area contributed by atoms with Gasteiger partial charge in [0.2, 0.25) is 0 Å². The van der Waals surface area contributed by atoms with Crippen LogP contribution in [0.1, 0.15) is 0 Å². The van der Waals surface area contributed by atoms with Crippen molar-refractivity contribution in [1.82, 2.24) is 8.75 Å². The minimum Gasteiger partial charge on any atom is -0.397 e. The first kappa shape index (κ1) is 12.5. The van der Waals surface area contributed by atoms with Crippen molar-refractivity contribution in [3.8, 4) is 0 Å². The number of aromatic nitrogens is 2. The van der Waals surface area contributed by atoms with E-state index >= 15 is 0 Å². The Bertz CT molecular complexity index is 757. The Hall–Kier alpha value is -1.56. The van der Waals surface area contributed by atoms with E-state index in [0.717, 1.165) is 28.4 Å². The molecular formula is C12H8Cl2N4S. The highest BCUT2D eigenvalue weighted by molar-refractivity contribution is 7.00. The fourth-order valence-corrected chi connectivity index (χ4v) is 2.65. The van der Waals surface area contributed by atoms with Gasteiger partial charge in [-0.25, -0.2) is 0 Å². The first-order valence-corrected chi connectivity index (χ1v) is 6.86. The van der Waals surface area contributed by atoms with Crippen LogP contribution in [0.3, 0.4) is 0 Å². The number of fused-ring (bicyclic) bond motifs is 1. The summed E-state index contributed by atoms with van der Waals surface area (Å²) in [5, 5.41) is 4.34. The number of anilines is 3. The van der Waals surface area contributed by atoms with Crippen LogP contribution in [0.5, 0.6) is 0 Å². The zero-order valence-corrected chi connectivity index (χ0v) is 11.9. The van der Waals surface area contributed by atoms with Gasteiger partial charge in [0.1, 0.15) is 11.0 Å². The Labute approximate surface area is 123 Å². The van der Waals surface area contributed by atoms with Crippen molar-refractivity contribution in [2.24, 2.45) is 0 Å². The van der Waals surface area contributed by atoms with E-state index < -0.39 is 0 Å². The lowest BCUT2D eigenvalue weighted by Crippen LogP contribution is -1.97. The quantitative estimate of drug-likeness (QED) is 0.692. The Morgan fingerprint density at radius 3 is 2.74 bits per heavy atom. The van der Waals surface area contributed by atoms with Gasteiger partial charge >= 0.3 is 0 Å². The van der Waals surface area contributed by atoms with E-state index in [9.17, 15) is 0 Å². The average molecular weight is 311 g/mol. The second-order valence-corrected chi connectivity index (χ2v) is 5.28. The molecule has 3 N–H and O–H groups in total. The van der Waals surface area contributed by atoms with Crippen molar-refractivity contribution in [1.29, 1.82) is 0 Å². The summed E-state index contributed by atoms with van der Waals surface area (Å²) in [7, 11) is 0. The topological polar surface area (TPSA) is 63.8 Å². The predicted molar refractivity (Wildman–Crippen MR) is 81.6 cm³/mol.